The number of carboxylic acid groups (broad SMARTS) is 1. The van der Waals surface area contributed by atoms with Gasteiger partial charge in [-0.05, 0) is 56.2 Å². The molecule has 0 aromatic heterocycles. The zero-order chi connectivity index (χ0) is 23.5. The van der Waals surface area contributed by atoms with Gasteiger partial charge in [-0.15, -0.1) is 5.06 Å². The molecule has 0 fully saturated rings. The average Bonchev–Trinajstić information content (AvgIpc) is 3.09. The number of hydrogen-bond donors (Lipinski definition) is 4. The van der Waals surface area contributed by atoms with Crippen molar-refractivity contribution in [3.8, 4) is 0 Å². The molecule has 2 amide bonds. The summed E-state index contributed by atoms with van der Waals surface area (Å²) < 4.78 is 0. The lowest BCUT2D eigenvalue weighted by molar-refractivity contribution is -0.194. The number of benzene rings is 2. The highest BCUT2D eigenvalue weighted by Crippen LogP contribution is 2.40. The van der Waals surface area contributed by atoms with Crippen molar-refractivity contribution < 1.29 is 19.5 Å². The Kier molecular flexibility index (Phi) is 6.81. The molecule has 2 unspecified atom stereocenters. The zero-order valence-corrected chi connectivity index (χ0v) is 18.9. The number of hydrogen-bond acceptors (Lipinski definition) is 5. The van der Waals surface area contributed by atoms with Crippen LogP contribution in [0.15, 0.2) is 60.4 Å². The minimum absolute atomic E-state index is 0.0463. The number of nitrogens with zero attached hydrogens (tertiary/aromatic N) is 1. The van der Waals surface area contributed by atoms with Crippen molar-refractivity contribution in [1.82, 2.24) is 5.06 Å². The molecular formula is C23H26N4O4S. The monoisotopic (exact) mass is 454 g/mol. The lowest BCUT2D eigenvalue weighted by Crippen LogP contribution is -2.48. The summed E-state index contributed by atoms with van der Waals surface area (Å²) in [5.41, 5.74) is 7.95. The summed E-state index contributed by atoms with van der Waals surface area (Å²) in [6.07, 6.45) is 2.04. The van der Waals surface area contributed by atoms with Gasteiger partial charge in [0.2, 0.25) is 0 Å². The number of nitrogens with one attached hydrogen (secondary N) is 2. The third kappa shape index (κ3) is 4.90. The van der Waals surface area contributed by atoms with E-state index in [4.69, 9.17) is 22.8 Å². The molecular weight excluding hydrogens is 428 g/mol. The highest BCUT2D eigenvalue weighted by molar-refractivity contribution is 7.80. The van der Waals surface area contributed by atoms with Crippen LogP contribution in [0.3, 0.4) is 0 Å². The summed E-state index contributed by atoms with van der Waals surface area (Å²) in [4.78, 5) is 29.9. The Hall–Kier alpha value is -3.43. The van der Waals surface area contributed by atoms with E-state index in [9.17, 15) is 14.7 Å². The number of rotatable bonds is 7. The Balaban J connectivity index is 1.80. The molecule has 3 rings (SSSR count). The van der Waals surface area contributed by atoms with E-state index in [-0.39, 0.29) is 16.8 Å². The maximum absolute atomic E-state index is 12.3. The Bertz CT molecular complexity index is 1050. The Morgan fingerprint density at radius 2 is 1.66 bits per heavy atom. The quantitative estimate of drug-likeness (QED) is 0.465. The summed E-state index contributed by atoms with van der Waals surface area (Å²) in [6, 6.07) is 13.3. The molecule has 1 heterocycles. The SMILES string of the molecule is CCC(C(=O)O)N1OC(C(N)=S)=CC1(C)c1ccc(NC(=O)Nc2ccc(C)cc2)cc1. The van der Waals surface area contributed by atoms with Crippen LogP contribution < -0.4 is 16.4 Å². The van der Waals surface area contributed by atoms with Gasteiger partial charge in [0.25, 0.3) is 0 Å². The fraction of sp³-hybridized carbons (Fsp3) is 0.261. The average molecular weight is 455 g/mol. The standard InChI is InChI=1S/C23H26N4O4S/c1-4-18(21(28)29)27-23(3,13-19(31-27)20(24)32)15-7-11-17(12-8-15)26-22(30)25-16-9-5-14(2)6-10-16/h5-13,18H,4H2,1-3H3,(H2,24,32)(H,28,29)(H2,25,26,30). The van der Waals surface area contributed by atoms with Gasteiger partial charge in [0.15, 0.2) is 5.76 Å². The second-order valence-corrected chi connectivity index (χ2v) is 8.16. The largest absolute Gasteiger partial charge is 0.480 e. The first-order valence-electron chi connectivity index (χ1n) is 10.1. The molecule has 8 nitrogen and oxygen atoms in total. The molecule has 32 heavy (non-hydrogen) atoms. The fourth-order valence-electron chi connectivity index (χ4n) is 3.52. The summed E-state index contributed by atoms with van der Waals surface area (Å²) in [6.45, 7) is 5.57. The summed E-state index contributed by atoms with van der Waals surface area (Å²) in [7, 11) is 0. The molecule has 1 aliphatic rings. The van der Waals surface area contributed by atoms with E-state index in [0.717, 1.165) is 11.1 Å². The lowest BCUT2D eigenvalue weighted by atomic mass is 9.89. The van der Waals surface area contributed by atoms with Crippen molar-refractivity contribution in [2.24, 2.45) is 5.73 Å². The van der Waals surface area contributed by atoms with Crippen molar-refractivity contribution >= 4 is 40.6 Å². The number of anilines is 2. The summed E-state index contributed by atoms with van der Waals surface area (Å²) >= 11 is 5.03. The molecule has 2 atom stereocenters. The first-order chi connectivity index (χ1) is 15.1. The number of carbonyl (C=O) groups is 2. The third-order valence-electron chi connectivity index (χ3n) is 5.30. The molecule has 0 bridgehead atoms. The Morgan fingerprint density at radius 1 is 1.12 bits per heavy atom. The Labute approximate surface area is 192 Å². The lowest BCUT2D eigenvalue weighted by Gasteiger charge is -2.36. The van der Waals surface area contributed by atoms with E-state index in [1.807, 2.05) is 38.1 Å². The maximum Gasteiger partial charge on any atom is 0.324 e. The zero-order valence-electron chi connectivity index (χ0n) is 18.1. The van der Waals surface area contributed by atoms with Crippen LogP contribution in [0.1, 0.15) is 31.4 Å². The molecule has 9 heteroatoms. The van der Waals surface area contributed by atoms with Crippen LogP contribution in [-0.4, -0.2) is 33.2 Å². The number of amides is 2. The smallest absolute Gasteiger partial charge is 0.324 e. The second kappa shape index (κ2) is 9.37. The van der Waals surface area contributed by atoms with Crippen LogP contribution in [0.4, 0.5) is 16.2 Å². The van der Waals surface area contributed by atoms with Gasteiger partial charge in [-0.3, -0.25) is 4.79 Å². The molecule has 0 radical (unpaired) electrons. The molecule has 1 aliphatic heterocycles. The van der Waals surface area contributed by atoms with Gasteiger partial charge < -0.3 is 26.3 Å². The third-order valence-corrected chi connectivity index (χ3v) is 5.50. The molecule has 168 valence electrons. The number of urea groups is 1. The van der Waals surface area contributed by atoms with Crippen molar-refractivity contribution in [1.29, 1.82) is 0 Å². The first-order valence-corrected chi connectivity index (χ1v) is 10.5. The number of thiocarbonyl (C=S) groups is 1. The van der Waals surface area contributed by atoms with Gasteiger partial charge >= 0.3 is 12.0 Å². The van der Waals surface area contributed by atoms with Gasteiger partial charge in [0.05, 0.1) is 0 Å². The first kappa shape index (κ1) is 23.2. The van der Waals surface area contributed by atoms with Crippen LogP contribution >= 0.6 is 12.2 Å². The maximum atomic E-state index is 12.3. The summed E-state index contributed by atoms with van der Waals surface area (Å²) in [5, 5.41) is 16.6. The van der Waals surface area contributed by atoms with Crippen molar-refractivity contribution in [2.45, 2.75) is 38.8 Å². The molecule has 0 aliphatic carbocycles. The number of hydroxylamine groups is 2. The highest BCUT2D eigenvalue weighted by atomic mass is 32.1. The molecule has 2 aromatic rings. The second-order valence-electron chi connectivity index (χ2n) is 7.72. The minimum Gasteiger partial charge on any atom is -0.480 e. The molecule has 0 spiro atoms. The van der Waals surface area contributed by atoms with Gasteiger partial charge in [-0.25, -0.2) is 4.79 Å². The number of carboxylic acids is 1. The van der Waals surface area contributed by atoms with Crippen molar-refractivity contribution in [2.75, 3.05) is 10.6 Å². The topological polar surface area (TPSA) is 117 Å². The number of carbonyl (C=O) groups excluding carboxylic acids is 1. The number of aliphatic carboxylic acids is 1. The van der Waals surface area contributed by atoms with Gasteiger partial charge in [-0.2, -0.15) is 0 Å². The summed E-state index contributed by atoms with van der Waals surface area (Å²) in [5.74, 6) is -0.760. The van der Waals surface area contributed by atoms with Crippen LogP contribution in [0.5, 0.6) is 0 Å². The van der Waals surface area contributed by atoms with Crippen LogP contribution in [0.25, 0.3) is 0 Å². The highest BCUT2D eigenvalue weighted by Gasteiger charge is 2.46. The number of aryl methyl sites for hydroxylation is 1. The Morgan fingerprint density at radius 3 is 2.12 bits per heavy atom. The van der Waals surface area contributed by atoms with Crippen LogP contribution in [0.2, 0.25) is 0 Å². The van der Waals surface area contributed by atoms with E-state index >= 15 is 0 Å². The predicted octanol–water partition coefficient (Wildman–Crippen LogP) is 4.13. The molecule has 2 aromatic carbocycles. The van der Waals surface area contributed by atoms with Gasteiger partial charge in [0.1, 0.15) is 16.6 Å². The van der Waals surface area contributed by atoms with E-state index in [2.05, 4.69) is 10.6 Å². The van der Waals surface area contributed by atoms with Gasteiger partial charge in [-0.1, -0.05) is 49.0 Å². The minimum atomic E-state index is -1.01. The molecule has 5 N–H and O–H groups in total. The van der Waals surface area contributed by atoms with E-state index in [1.165, 1.54) is 5.06 Å². The van der Waals surface area contributed by atoms with Crippen LogP contribution in [-0.2, 0) is 15.2 Å². The van der Waals surface area contributed by atoms with E-state index in [1.54, 1.807) is 37.3 Å². The van der Waals surface area contributed by atoms with Crippen molar-refractivity contribution in [3.63, 3.8) is 0 Å². The number of nitrogens with two attached hydrogens (primary N) is 1. The predicted molar refractivity (Wildman–Crippen MR) is 127 cm³/mol. The van der Waals surface area contributed by atoms with Crippen molar-refractivity contribution in [3.05, 3.63) is 71.5 Å². The van der Waals surface area contributed by atoms with Crippen LogP contribution in [0, 0.1) is 6.92 Å². The van der Waals surface area contributed by atoms with E-state index < -0.39 is 17.6 Å². The fourth-order valence-corrected chi connectivity index (χ4v) is 3.62. The van der Waals surface area contributed by atoms with E-state index in [0.29, 0.717) is 17.8 Å². The molecule has 0 saturated carbocycles. The normalized spacial score (nSPS) is 18.9. The van der Waals surface area contributed by atoms with Gasteiger partial charge in [0, 0.05) is 11.4 Å². The molecule has 0 saturated heterocycles.